The van der Waals surface area contributed by atoms with Crippen LogP contribution in [0.25, 0.3) is 0 Å². The maximum absolute atomic E-state index is 10.8. The van der Waals surface area contributed by atoms with Crippen molar-refractivity contribution < 1.29 is 19.4 Å². The molecular weight excluding hydrogens is 298 g/mol. The number of rotatable bonds is 5. The Morgan fingerprint density at radius 3 is 2.70 bits per heavy atom. The molecule has 126 valence electrons. The van der Waals surface area contributed by atoms with E-state index in [9.17, 15) is 4.79 Å². The number of ether oxygens (including phenoxy) is 2. The second-order valence-corrected chi connectivity index (χ2v) is 6.07. The van der Waals surface area contributed by atoms with Crippen LogP contribution >= 0.6 is 0 Å². The number of hydrogen-bond acceptors (Lipinski definition) is 6. The van der Waals surface area contributed by atoms with Crippen LogP contribution < -0.4 is 4.90 Å². The molecule has 1 N–H and O–H groups in total. The maximum atomic E-state index is 10.8. The van der Waals surface area contributed by atoms with E-state index in [1.807, 2.05) is 0 Å². The van der Waals surface area contributed by atoms with E-state index in [-0.39, 0.29) is 17.9 Å². The number of nitrogens with zero attached hydrogens (tertiary/aromatic N) is 3. The second kappa shape index (κ2) is 7.70. The molecule has 2 saturated heterocycles. The van der Waals surface area contributed by atoms with Crippen LogP contribution in [0, 0.1) is 0 Å². The summed E-state index contributed by atoms with van der Waals surface area (Å²) in [6.07, 6.45) is 8.74. The molecule has 3 heterocycles. The molecule has 7 nitrogen and oxygen atoms in total. The number of anilines is 1. The van der Waals surface area contributed by atoms with Crippen molar-refractivity contribution in [3.63, 3.8) is 0 Å². The van der Waals surface area contributed by atoms with Crippen molar-refractivity contribution in [3.05, 3.63) is 18.1 Å². The lowest BCUT2D eigenvalue weighted by Crippen LogP contribution is -2.39. The average Bonchev–Trinajstić information content (AvgIpc) is 2.61. The summed E-state index contributed by atoms with van der Waals surface area (Å²) < 4.78 is 11.7. The van der Waals surface area contributed by atoms with Gasteiger partial charge in [0.05, 0.1) is 31.2 Å². The van der Waals surface area contributed by atoms with Gasteiger partial charge in [-0.05, 0) is 32.1 Å². The SMILES string of the molecule is O=C(O)c1cnc(N2CCC(OCC3CCCCO3)CC2)cn1. The summed E-state index contributed by atoms with van der Waals surface area (Å²) in [6.45, 7) is 3.24. The first-order valence-electron chi connectivity index (χ1n) is 8.26. The van der Waals surface area contributed by atoms with Crippen LogP contribution in [0.3, 0.4) is 0 Å². The summed E-state index contributed by atoms with van der Waals surface area (Å²) in [7, 11) is 0. The van der Waals surface area contributed by atoms with Crippen molar-refractivity contribution in [1.82, 2.24) is 9.97 Å². The van der Waals surface area contributed by atoms with Gasteiger partial charge in [0, 0.05) is 19.7 Å². The van der Waals surface area contributed by atoms with E-state index in [4.69, 9.17) is 14.6 Å². The molecule has 7 heteroatoms. The summed E-state index contributed by atoms with van der Waals surface area (Å²) in [5, 5.41) is 8.84. The summed E-state index contributed by atoms with van der Waals surface area (Å²) >= 11 is 0. The molecule has 1 aromatic heterocycles. The summed E-state index contributed by atoms with van der Waals surface area (Å²) in [6, 6.07) is 0. The predicted octanol–water partition coefficient (Wildman–Crippen LogP) is 1.73. The smallest absolute Gasteiger partial charge is 0.356 e. The highest BCUT2D eigenvalue weighted by Crippen LogP contribution is 2.20. The van der Waals surface area contributed by atoms with Gasteiger partial charge in [0.15, 0.2) is 5.69 Å². The molecule has 1 unspecified atom stereocenters. The van der Waals surface area contributed by atoms with Crippen LogP contribution in [0.4, 0.5) is 5.82 Å². The molecule has 3 rings (SSSR count). The van der Waals surface area contributed by atoms with Crippen molar-refractivity contribution in [3.8, 4) is 0 Å². The number of carboxylic acid groups (broad SMARTS) is 1. The lowest BCUT2D eigenvalue weighted by molar-refractivity contribution is -0.0672. The molecule has 2 fully saturated rings. The third-order valence-electron chi connectivity index (χ3n) is 4.42. The maximum Gasteiger partial charge on any atom is 0.356 e. The standard InChI is InChI=1S/C16H23N3O4/c20-16(21)14-9-18-15(10-17-14)19-6-4-12(5-7-19)23-11-13-3-1-2-8-22-13/h9-10,12-13H,1-8,11H2,(H,20,21). The normalized spacial score (nSPS) is 23.0. The van der Waals surface area contributed by atoms with Crippen LogP contribution in [0.5, 0.6) is 0 Å². The number of carboxylic acids is 1. The molecule has 1 aromatic rings. The third kappa shape index (κ3) is 4.39. The molecule has 1 atom stereocenters. The molecule has 0 spiro atoms. The Labute approximate surface area is 135 Å². The van der Waals surface area contributed by atoms with Gasteiger partial charge in [-0.2, -0.15) is 0 Å². The minimum Gasteiger partial charge on any atom is -0.476 e. The van der Waals surface area contributed by atoms with Gasteiger partial charge in [-0.3, -0.25) is 0 Å². The zero-order valence-corrected chi connectivity index (χ0v) is 13.2. The van der Waals surface area contributed by atoms with Crippen LogP contribution in [-0.2, 0) is 9.47 Å². The fourth-order valence-corrected chi connectivity index (χ4v) is 3.03. The number of aromatic nitrogens is 2. The van der Waals surface area contributed by atoms with E-state index in [1.165, 1.54) is 18.8 Å². The van der Waals surface area contributed by atoms with Gasteiger partial charge in [-0.1, -0.05) is 0 Å². The Hall–Kier alpha value is -1.73. The highest BCUT2D eigenvalue weighted by molar-refractivity contribution is 5.84. The van der Waals surface area contributed by atoms with Gasteiger partial charge in [-0.25, -0.2) is 14.8 Å². The number of piperidine rings is 1. The second-order valence-electron chi connectivity index (χ2n) is 6.07. The molecule has 2 aliphatic heterocycles. The molecule has 0 aliphatic carbocycles. The Balaban J connectivity index is 1.43. The monoisotopic (exact) mass is 321 g/mol. The van der Waals surface area contributed by atoms with Crippen LogP contribution in [0.15, 0.2) is 12.4 Å². The number of carbonyl (C=O) groups is 1. The third-order valence-corrected chi connectivity index (χ3v) is 4.42. The molecule has 0 saturated carbocycles. The fourth-order valence-electron chi connectivity index (χ4n) is 3.03. The van der Waals surface area contributed by atoms with E-state index in [1.54, 1.807) is 0 Å². The van der Waals surface area contributed by atoms with Crippen LogP contribution in [0.2, 0.25) is 0 Å². The Morgan fingerprint density at radius 1 is 1.26 bits per heavy atom. The van der Waals surface area contributed by atoms with Crippen LogP contribution in [0.1, 0.15) is 42.6 Å². The molecule has 0 radical (unpaired) electrons. The highest BCUT2D eigenvalue weighted by atomic mass is 16.5. The van der Waals surface area contributed by atoms with Gasteiger partial charge >= 0.3 is 5.97 Å². The van der Waals surface area contributed by atoms with Gasteiger partial charge in [0.1, 0.15) is 5.82 Å². The molecule has 0 amide bonds. The lowest BCUT2D eigenvalue weighted by atomic mass is 10.1. The first kappa shape index (κ1) is 16.1. The molecule has 2 aliphatic rings. The van der Waals surface area contributed by atoms with E-state index in [0.29, 0.717) is 6.61 Å². The van der Waals surface area contributed by atoms with Gasteiger partial charge < -0.3 is 19.5 Å². The zero-order chi connectivity index (χ0) is 16.1. The molecular formula is C16H23N3O4. The minimum absolute atomic E-state index is 0.0283. The predicted molar refractivity (Wildman–Crippen MR) is 83.8 cm³/mol. The van der Waals surface area contributed by atoms with E-state index < -0.39 is 5.97 Å². The van der Waals surface area contributed by atoms with Crippen molar-refractivity contribution >= 4 is 11.8 Å². The topological polar surface area (TPSA) is 84.8 Å². The van der Waals surface area contributed by atoms with Gasteiger partial charge in [-0.15, -0.1) is 0 Å². The van der Waals surface area contributed by atoms with E-state index in [2.05, 4.69) is 14.9 Å². The molecule has 0 aromatic carbocycles. The van der Waals surface area contributed by atoms with Gasteiger partial charge in [0.2, 0.25) is 0 Å². The molecule has 23 heavy (non-hydrogen) atoms. The lowest BCUT2D eigenvalue weighted by Gasteiger charge is -2.33. The van der Waals surface area contributed by atoms with Crippen molar-refractivity contribution in [2.45, 2.75) is 44.3 Å². The first-order valence-corrected chi connectivity index (χ1v) is 8.26. The summed E-state index contributed by atoms with van der Waals surface area (Å²) in [5.41, 5.74) is -0.0283. The quantitative estimate of drug-likeness (QED) is 0.884. The van der Waals surface area contributed by atoms with Gasteiger partial charge in [0.25, 0.3) is 0 Å². The highest BCUT2D eigenvalue weighted by Gasteiger charge is 2.23. The first-order chi connectivity index (χ1) is 11.2. The number of aromatic carboxylic acids is 1. The Kier molecular flexibility index (Phi) is 5.40. The Morgan fingerprint density at radius 2 is 2.09 bits per heavy atom. The zero-order valence-electron chi connectivity index (χ0n) is 13.2. The Bertz CT molecular complexity index is 509. The van der Waals surface area contributed by atoms with Crippen molar-refractivity contribution in [1.29, 1.82) is 0 Å². The van der Waals surface area contributed by atoms with Crippen LogP contribution in [-0.4, -0.2) is 59.6 Å². The van der Waals surface area contributed by atoms with Crippen molar-refractivity contribution in [2.24, 2.45) is 0 Å². The van der Waals surface area contributed by atoms with E-state index >= 15 is 0 Å². The molecule has 0 bridgehead atoms. The minimum atomic E-state index is -1.05. The summed E-state index contributed by atoms with van der Waals surface area (Å²) in [4.78, 5) is 21.0. The average molecular weight is 321 g/mol. The summed E-state index contributed by atoms with van der Waals surface area (Å²) in [5.74, 6) is -0.329. The number of hydrogen-bond donors (Lipinski definition) is 1. The fraction of sp³-hybridized carbons (Fsp3) is 0.688. The van der Waals surface area contributed by atoms with Crippen molar-refractivity contribution in [2.75, 3.05) is 31.2 Å². The largest absolute Gasteiger partial charge is 0.476 e. The van der Waals surface area contributed by atoms with E-state index in [0.717, 1.165) is 51.2 Å².